The van der Waals surface area contributed by atoms with E-state index in [0.717, 1.165) is 13.1 Å². The lowest BCUT2D eigenvalue weighted by molar-refractivity contribution is 0.127. The molecule has 3 heterocycles. The van der Waals surface area contributed by atoms with Gasteiger partial charge in [-0.3, -0.25) is 9.88 Å². The van der Waals surface area contributed by atoms with Gasteiger partial charge in [0, 0.05) is 37.7 Å². The number of pyridine rings is 1. The van der Waals surface area contributed by atoms with E-state index in [0.29, 0.717) is 6.04 Å². The van der Waals surface area contributed by atoms with Crippen molar-refractivity contribution in [2.75, 3.05) is 6.54 Å². The van der Waals surface area contributed by atoms with Crippen molar-refractivity contribution in [1.29, 1.82) is 0 Å². The monoisotopic (exact) mass is 270 g/mol. The van der Waals surface area contributed by atoms with E-state index >= 15 is 0 Å². The summed E-state index contributed by atoms with van der Waals surface area (Å²) < 4.78 is 2.17. The van der Waals surface area contributed by atoms with E-state index in [2.05, 4.69) is 31.6 Å². The molecule has 1 aliphatic heterocycles. The molecular weight excluding hydrogens is 248 g/mol. The number of hydrogen-bond donors (Lipinski definition) is 0. The minimum Gasteiger partial charge on any atom is -0.337 e. The van der Waals surface area contributed by atoms with Gasteiger partial charge in [-0.15, -0.1) is 0 Å². The van der Waals surface area contributed by atoms with Crippen LogP contribution in [0.4, 0.5) is 0 Å². The Bertz CT molecular complexity index is 494. The second-order valence-electron chi connectivity index (χ2n) is 5.53. The van der Waals surface area contributed by atoms with Crippen LogP contribution in [-0.4, -0.2) is 32.0 Å². The molecule has 1 fully saturated rings. The highest BCUT2D eigenvalue weighted by Gasteiger charge is 2.22. The molecule has 0 saturated carbocycles. The predicted octanol–water partition coefficient (Wildman–Crippen LogP) is 2.72. The van der Waals surface area contributed by atoms with Gasteiger partial charge in [-0.1, -0.05) is 12.5 Å². The first kappa shape index (κ1) is 13.3. The third-order valence-electron chi connectivity index (χ3n) is 4.12. The Labute approximate surface area is 120 Å². The minimum absolute atomic E-state index is 0.674. The van der Waals surface area contributed by atoms with Crippen LogP contribution in [0.5, 0.6) is 0 Å². The fourth-order valence-electron chi connectivity index (χ4n) is 3.01. The summed E-state index contributed by atoms with van der Waals surface area (Å²) in [5, 5.41) is 0. The average Bonchev–Trinajstić information content (AvgIpc) is 3.01. The first-order valence-electron chi connectivity index (χ1n) is 7.51. The van der Waals surface area contributed by atoms with Gasteiger partial charge in [0.1, 0.15) is 0 Å². The molecule has 4 heteroatoms. The van der Waals surface area contributed by atoms with Crippen LogP contribution in [0.25, 0.3) is 0 Å². The zero-order chi connectivity index (χ0) is 13.6. The highest BCUT2D eigenvalue weighted by molar-refractivity contribution is 5.03. The first-order chi connectivity index (χ1) is 9.92. The van der Waals surface area contributed by atoms with Gasteiger partial charge in [0.2, 0.25) is 0 Å². The number of aromatic nitrogens is 3. The molecule has 2 aromatic rings. The summed E-state index contributed by atoms with van der Waals surface area (Å²) in [7, 11) is 0. The van der Waals surface area contributed by atoms with Crippen LogP contribution < -0.4 is 0 Å². The highest BCUT2D eigenvalue weighted by atomic mass is 15.2. The van der Waals surface area contributed by atoms with E-state index in [9.17, 15) is 0 Å². The largest absolute Gasteiger partial charge is 0.337 e. The molecule has 20 heavy (non-hydrogen) atoms. The molecule has 1 atom stereocenters. The molecule has 0 amide bonds. The van der Waals surface area contributed by atoms with Crippen molar-refractivity contribution in [3.63, 3.8) is 0 Å². The number of rotatable bonds is 5. The van der Waals surface area contributed by atoms with Gasteiger partial charge in [-0.2, -0.15) is 0 Å². The molecular formula is C16H22N4. The summed E-state index contributed by atoms with van der Waals surface area (Å²) in [5.41, 5.74) is 1.18. The lowest BCUT2D eigenvalue weighted by Gasteiger charge is -2.35. The van der Waals surface area contributed by atoms with Crippen LogP contribution in [0.1, 0.15) is 31.4 Å². The van der Waals surface area contributed by atoms with Crippen LogP contribution in [0.15, 0.2) is 43.1 Å². The summed E-state index contributed by atoms with van der Waals surface area (Å²) in [6, 6.07) is 6.86. The maximum Gasteiger partial charge on any atom is 0.0945 e. The summed E-state index contributed by atoms with van der Waals surface area (Å²) >= 11 is 0. The van der Waals surface area contributed by atoms with Crippen molar-refractivity contribution in [2.24, 2.45) is 0 Å². The van der Waals surface area contributed by atoms with E-state index in [-0.39, 0.29) is 0 Å². The number of nitrogens with zero attached hydrogens (tertiary/aromatic N) is 4. The molecule has 3 rings (SSSR count). The van der Waals surface area contributed by atoms with Crippen molar-refractivity contribution < 1.29 is 0 Å². The van der Waals surface area contributed by atoms with Crippen LogP contribution in [-0.2, 0) is 13.1 Å². The first-order valence-corrected chi connectivity index (χ1v) is 7.51. The van der Waals surface area contributed by atoms with E-state index in [1.807, 2.05) is 31.0 Å². The zero-order valence-corrected chi connectivity index (χ0v) is 11.9. The van der Waals surface area contributed by atoms with Crippen LogP contribution in [0.3, 0.4) is 0 Å². The van der Waals surface area contributed by atoms with Crippen molar-refractivity contribution in [3.05, 3.63) is 48.8 Å². The van der Waals surface area contributed by atoms with Gasteiger partial charge in [-0.05, 0) is 37.9 Å². The van der Waals surface area contributed by atoms with Crippen LogP contribution >= 0.6 is 0 Å². The molecule has 0 radical (unpaired) electrons. The van der Waals surface area contributed by atoms with E-state index in [1.54, 1.807) is 0 Å². The SMILES string of the molecule is c1ccc(CN2CCCCC2CCn2ccnc2)nc1. The molecule has 1 unspecified atom stereocenters. The quantitative estimate of drug-likeness (QED) is 0.837. The van der Waals surface area contributed by atoms with E-state index in [1.165, 1.54) is 37.9 Å². The second-order valence-corrected chi connectivity index (χ2v) is 5.53. The Morgan fingerprint density at radius 1 is 1.20 bits per heavy atom. The normalized spacial score (nSPS) is 20.1. The fraction of sp³-hybridized carbons (Fsp3) is 0.500. The molecule has 0 aliphatic carbocycles. The fourth-order valence-corrected chi connectivity index (χ4v) is 3.01. The standard InChI is InChI=1S/C16H22N4/c1-3-8-18-15(5-1)13-20-10-4-2-6-16(20)7-11-19-12-9-17-14-19/h1,3,5,8-9,12,14,16H,2,4,6-7,10-11,13H2. The second kappa shape index (κ2) is 6.66. The summed E-state index contributed by atoms with van der Waals surface area (Å²) in [6.07, 6.45) is 12.9. The number of aryl methyl sites for hydroxylation is 1. The van der Waals surface area contributed by atoms with E-state index < -0.39 is 0 Å². The average molecular weight is 270 g/mol. The van der Waals surface area contributed by atoms with Gasteiger partial charge in [0.15, 0.2) is 0 Å². The Morgan fingerprint density at radius 2 is 2.20 bits per heavy atom. The Morgan fingerprint density at radius 3 is 3.00 bits per heavy atom. The van der Waals surface area contributed by atoms with Gasteiger partial charge < -0.3 is 4.57 Å². The molecule has 2 aromatic heterocycles. The summed E-state index contributed by atoms with van der Waals surface area (Å²) in [6.45, 7) is 3.24. The smallest absolute Gasteiger partial charge is 0.0945 e. The Balaban J connectivity index is 1.59. The van der Waals surface area contributed by atoms with Crippen molar-refractivity contribution in [3.8, 4) is 0 Å². The molecule has 0 bridgehead atoms. The summed E-state index contributed by atoms with van der Waals surface area (Å²) in [4.78, 5) is 11.2. The Hall–Kier alpha value is -1.68. The lowest BCUT2D eigenvalue weighted by Crippen LogP contribution is -2.39. The third kappa shape index (κ3) is 3.45. The van der Waals surface area contributed by atoms with Crippen LogP contribution in [0.2, 0.25) is 0 Å². The summed E-state index contributed by atoms with van der Waals surface area (Å²) in [5.74, 6) is 0. The van der Waals surface area contributed by atoms with Crippen molar-refractivity contribution in [1.82, 2.24) is 19.4 Å². The molecule has 0 spiro atoms. The van der Waals surface area contributed by atoms with Crippen LogP contribution in [0, 0.1) is 0 Å². The maximum atomic E-state index is 4.46. The number of piperidine rings is 1. The highest BCUT2D eigenvalue weighted by Crippen LogP contribution is 2.22. The number of hydrogen-bond acceptors (Lipinski definition) is 3. The van der Waals surface area contributed by atoms with Gasteiger partial charge in [0.25, 0.3) is 0 Å². The molecule has 0 N–H and O–H groups in total. The number of imidazole rings is 1. The third-order valence-corrected chi connectivity index (χ3v) is 4.12. The topological polar surface area (TPSA) is 34.0 Å². The molecule has 4 nitrogen and oxygen atoms in total. The van der Waals surface area contributed by atoms with Gasteiger partial charge in [-0.25, -0.2) is 4.98 Å². The lowest BCUT2D eigenvalue weighted by atomic mass is 9.99. The zero-order valence-electron chi connectivity index (χ0n) is 11.9. The Kier molecular flexibility index (Phi) is 4.43. The molecule has 1 saturated heterocycles. The maximum absolute atomic E-state index is 4.46. The molecule has 106 valence electrons. The van der Waals surface area contributed by atoms with E-state index in [4.69, 9.17) is 0 Å². The van der Waals surface area contributed by atoms with Gasteiger partial charge >= 0.3 is 0 Å². The van der Waals surface area contributed by atoms with Crippen molar-refractivity contribution >= 4 is 0 Å². The predicted molar refractivity (Wildman–Crippen MR) is 79.1 cm³/mol. The minimum atomic E-state index is 0.674. The van der Waals surface area contributed by atoms with Crippen molar-refractivity contribution in [2.45, 2.75) is 44.8 Å². The number of likely N-dealkylation sites (tertiary alicyclic amines) is 1. The molecule has 1 aliphatic rings. The molecule has 0 aromatic carbocycles. The van der Waals surface area contributed by atoms with Gasteiger partial charge in [0.05, 0.1) is 12.0 Å².